The van der Waals surface area contributed by atoms with Gasteiger partial charge in [0, 0.05) is 68.8 Å². The second kappa shape index (κ2) is 9.04. The lowest BCUT2D eigenvalue weighted by atomic mass is 9.80. The first-order chi connectivity index (χ1) is 17.0. The third-order valence-corrected chi connectivity index (χ3v) is 7.47. The van der Waals surface area contributed by atoms with E-state index in [1.807, 2.05) is 23.7 Å². The van der Waals surface area contributed by atoms with Crippen molar-refractivity contribution < 1.29 is 4.74 Å². The van der Waals surface area contributed by atoms with Gasteiger partial charge in [-0.2, -0.15) is 0 Å². The van der Waals surface area contributed by atoms with E-state index in [2.05, 4.69) is 53.3 Å². The van der Waals surface area contributed by atoms with Crippen LogP contribution >= 0.6 is 0 Å². The van der Waals surface area contributed by atoms with Gasteiger partial charge in [0.2, 0.25) is 0 Å². The highest BCUT2D eigenvalue weighted by Gasteiger charge is 2.39. The van der Waals surface area contributed by atoms with Gasteiger partial charge in [0.15, 0.2) is 0 Å². The molecule has 2 aliphatic heterocycles. The van der Waals surface area contributed by atoms with Gasteiger partial charge in [-0.25, -0.2) is 15.0 Å². The number of rotatable bonds is 5. The number of nitrogens with zero attached hydrogens (tertiary/aromatic N) is 6. The normalized spacial score (nSPS) is 17.5. The van der Waals surface area contributed by atoms with Crippen molar-refractivity contribution in [1.82, 2.24) is 24.3 Å². The van der Waals surface area contributed by atoms with E-state index in [1.54, 1.807) is 0 Å². The Balaban J connectivity index is 1.32. The molecule has 0 aliphatic carbocycles. The maximum absolute atomic E-state index is 5.65. The fraction of sp³-hybridized carbons (Fsp3) is 0.429. The van der Waals surface area contributed by atoms with Crippen molar-refractivity contribution in [1.29, 1.82) is 0 Å². The van der Waals surface area contributed by atoms with Crippen molar-refractivity contribution in [2.75, 3.05) is 31.2 Å². The third kappa shape index (κ3) is 4.78. The molecule has 180 valence electrons. The van der Waals surface area contributed by atoms with Gasteiger partial charge in [-0.3, -0.25) is 4.98 Å². The predicted molar refractivity (Wildman–Crippen MR) is 136 cm³/mol. The van der Waals surface area contributed by atoms with E-state index in [-0.39, 0.29) is 0 Å². The molecule has 7 nitrogen and oxygen atoms in total. The van der Waals surface area contributed by atoms with Crippen molar-refractivity contribution >= 4 is 11.5 Å². The number of hydrogen-bond acceptors (Lipinski definition) is 6. The van der Waals surface area contributed by atoms with Crippen LogP contribution in [0.5, 0.6) is 0 Å². The Bertz CT molecular complexity index is 1340. The highest BCUT2D eigenvalue weighted by atomic mass is 16.5. The largest absolute Gasteiger partial charge is 0.381 e. The maximum Gasteiger partial charge on any atom is 0.136 e. The summed E-state index contributed by atoms with van der Waals surface area (Å²) in [6, 6.07) is 10.7. The molecule has 0 saturated carbocycles. The molecule has 2 aliphatic rings. The Labute approximate surface area is 206 Å². The monoisotopic (exact) mass is 468 g/mol. The minimum absolute atomic E-state index is 0.366. The van der Waals surface area contributed by atoms with E-state index in [0.29, 0.717) is 11.8 Å². The Hall–Kier alpha value is -3.32. The van der Waals surface area contributed by atoms with Gasteiger partial charge in [0.1, 0.15) is 17.3 Å². The van der Waals surface area contributed by atoms with Crippen molar-refractivity contribution in [3.8, 4) is 0 Å². The number of hydrogen-bond donors (Lipinski definition) is 0. The number of fused-ring (bicyclic) bond motifs is 1. The molecule has 0 N–H and O–H groups in total. The molecule has 0 atom stereocenters. The van der Waals surface area contributed by atoms with Crippen LogP contribution in [-0.4, -0.2) is 50.6 Å². The lowest BCUT2D eigenvalue weighted by Crippen LogP contribution is -2.33. The summed E-state index contributed by atoms with van der Waals surface area (Å²) in [6.07, 6.45) is 10.7. The molecule has 7 heteroatoms. The highest BCUT2D eigenvalue weighted by molar-refractivity contribution is 5.46. The number of imidazole rings is 1. The molecule has 4 aromatic rings. The van der Waals surface area contributed by atoms with Crippen molar-refractivity contribution in [3.05, 3.63) is 83.0 Å². The Morgan fingerprint density at radius 3 is 2.63 bits per heavy atom. The van der Waals surface area contributed by atoms with Gasteiger partial charge in [0.25, 0.3) is 0 Å². The van der Waals surface area contributed by atoms with Gasteiger partial charge >= 0.3 is 0 Å². The van der Waals surface area contributed by atoms with Gasteiger partial charge in [-0.1, -0.05) is 0 Å². The van der Waals surface area contributed by atoms with Crippen molar-refractivity contribution in [2.45, 2.75) is 46.0 Å². The molecule has 4 aromatic heterocycles. The molecular formula is C28H32N6O. The first kappa shape index (κ1) is 22.2. The number of ether oxygens (including phenoxy) is 1. The predicted octanol–water partition coefficient (Wildman–Crippen LogP) is 4.32. The molecule has 0 bridgehead atoms. The molecule has 6 rings (SSSR count). The quantitative estimate of drug-likeness (QED) is 0.434. The SMILES string of the molecule is Cc1cc(C)nc(Cc2nc(Cc3ccn4ccnc4c3)cc(N3CCC4(CCOCC4)C3)n2)c1. The lowest BCUT2D eigenvalue weighted by molar-refractivity contribution is 0.0254. The number of aromatic nitrogens is 5. The fourth-order valence-corrected chi connectivity index (χ4v) is 5.66. The summed E-state index contributed by atoms with van der Waals surface area (Å²) in [5, 5.41) is 0. The van der Waals surface area contributed by atoms with Crippen LogP contribution in [0.15, 0.2) is 48.9 Å². The molecule has 6 heterocycles. The zero-order valence-corrected chi connectivity index (χ0v) is 20.6. The van der Waals surface area contributed by atoms with Gasteiger partial charge in [0.05, 0.1) is 12.1 Å². The summed E-state index contributed by atoms with van der Waals surface area (Å²) in [4.78, 5) is 21.7. The lowest BCUT2D eigenvalue weighted by Gasteiger charge is -2.33. The summed E-state index contributed by atoms with van der Waals surface area (Å²) >= 11 is 0. The van der Waals surface area contributed by atoms with Crippen LogP contribution < -0.4 is 4.90 Å². The average Bonchev–Trinajstić information content (AvgIpc) is 3.46. The minimum atomic E-state index is 0.366. The van der Waals surface area contributed by atoms with Crippen LogP contribution in [0.25, 0.3) is 5.65 Å². The topological polar surface area (TPSA) is 68.4 Å². The smallest absolute Gasteiger partial charge is 0.136 e. The van der Waals surface area contributed by atoms with Crippen LogP contribution in [0.4, 0.5) is 5.82 Å². The zero-order valence-electron chi connectivity index (χ0n) is 20.6. The van der Waals surface area contributed by atoms with E-state index in [1.165, 1.54) is 17.5 Å². The van der Waals surface area contributed by atoms with E-state index in [9.17, 15) is 0 Å². The van der Waals surface area contributed by atoms with Gasteiger partial charge < -0.3 is 14.0 Å². The summed E-state index contributed by atoms with van der Waals surface area (Å²) in [5.74, 6) is 1.88. The molecular weight excluding hydrogens is 436 g/mol. The molecule has 2 fully saturated rings. The number of anilines is 1. The molecule has 0 unspecified atom stereocenters. The third-order valence-electron chi connectivity index (χ3n) is 7.47. The van der Waals surface area contributed by atoms with Crippen molar-refractivity contribution in [2.24, 2.45) is 5.41 Å². The van der Waals surface area contributed by atoms with E-state index >= 15 is 0 Å². The van der Waals surface area contributed by atoms with E-state index < -0.39 is 0 Å². The second-order valence-corrected chi connectivity index (χ2v) is 10.3. The summed E-state index contributed by atoms with van der Waals surface area (Å²) in [7, 11) is 0. The first-order valence-electron chi connectivity index (χ1n) is 12.6. The fourth-order valence-electron chi connectivity index (χ4n) is 5.66. The molecule has 0 amide bonds. The summed E-state index contributed by atoms with van der Waals surface area (Å²) in [6.45, 7) is 8.00. The summed E-state index contributed by atoms with van der Waals surface area (Å²) in [5.41, 5.74) is 6.83. The van der Waals surface area contributed by atoms with E-state index in [4.69, 9.17) is 19.7 Å². The molecule has 0 aromatic carbocycles. The van der Waals surface area contributed by atoms with Crippen LogP contribution in [0.2, 0.25) is 0 Å². The summed E-state index contributed by atoms with van der Waals surface area (Å²) < 4.78 is 7.69. The van der Waals surface area contributed by atoms with Gasteiger partial charge in [-0.05, 0) is 73.9 Å². The van der Waals surface area contributed by atoms with Crippen LogP contribution in [0.1, 0.15) is 53.3 Å². The average molecular weight is 469 g/mol. The Kier molecular flexibility index (Phi) is 5.72. The minimum Gasteiger partial charge on any atom is -0.381 e. The van der Waals surface area contributed by atoms with Crippen LogP contribution in [0.3, 0.4) is 0 Å². The highest BCUT2D eigenvalue weighted by Crippen LogP contribution is 2.41. The second-order valence-electron chi connectivity index (χ2n) is 10.3. The maximum atomic E-state index is 5.65. The Morgan fingerprint density at radius 1 is 0.914 bits per heavy atom. The molecule has 0 radical (unpaired) electrons. The molecule has 1 spiro atoms. The first-order valence-corrected chi connectivity index (χ1v) is 12.6. The van der Waals surface area contributed by atoms with Crippen molar-refractivity contribution in [3.63, 3.8) is 0 Å². The zero-order chi connectivity index (χ0) is 23.8. The Morgan fingerprint density at radius 2 is 1.77 bits per heavy atom. The molecule has 2 saturated heterocycles. The number of aryl methyl sites for hydroxylation is 2. The van der Waals surface area contributed by atoms with E-state index in [0.717, 1.165) is 79.9 Å². The van der Waals surface area contributed by atoms with Crippen LogP contribution in [0, 0.1) is 19.3 Å². The van der Waals surface area contributed by atoms with Gasteiger partial charge in [-0.15, -0.1) is 0 Å². The van der Waals surface area contributed by atoms with Crippen LogP contribution in [-0.2, 0) is 17.6 Å². The number of pyridine rings is 2. The standard InChI is InChI=1S/C28H32N6O/c1-20-13-21(2)30-23(14-20)17-25-31-24(15-22-3-8-33-10-7-29-26(33)16-22)18-27(32-25)34-9-4-28(19-34)5-11-35-12-6-28/h3,7-8,10,13-14,16,18H,4-6,9,11-12,15,17,19H2,1-2H3. The molecule has 35 heavy (non-hydrogen) atoms.